The molecule has 1 nitrogen and oxygen atoms in total. The first-order valence-electron chi connectivity index (χ1n) is 10.1. The van der Waals surface area contributed by atoms with Crippen molar-refractivity contribution in [2.75, 3.05) is 19.0 Å². The quantitative estimate of drug-likeness (QED) is 0.310. The zero-order valence-corrected chi connectivity index (χ0v) is 16.6. The van der Waals surface area contributed by atoms with Gasteiger partial charge in [-0.25, -0.2) is 0 Å². The largest absolute Gasteiger partial charge is 0.378 e. The van der Waals surface area contributed by atoms with Crippen LogP contribution in [0.2, 0.25) is 0 Å². The third-order valence-electron chi connectivity index (χ3n) is 6.21. The van der Waals surface area contributed by atoms with Gasteiger partial charge in [-0.05, 0) is 67.8 Å². The van der Waals surface area contributed by atoms with Gasteiger partial charge in [0.2, 0.25) is 0 Å². The number of hydrogen-bond acceptors (Lipinski definition) is 1. The molecule has 0 amide bonds. The van der Waals surface area contributed by atoms with Gasteiger partial charge in [0.1, 0.15) is 0 Å². The molecule has 4 aromatic carbocycles. The Morgan fingerprint density at radius 1 is 0.414 bits per heavy atom. The van der Waals surface area contributed by atoms with E-state index in [-0.39, 0.29) is 0 Å². The molecule has 138 valence electrons. The summed E-state index contributed by atoms with van der Waals surface area (Å²) in [5.74, 6) is 0. The molecule has 4 aromatic rings. The molecule has 1 heteroatoms. The van der Waals surface area contributed by atoms with E-state index in [1.165, 1.54) is 61.3 Å². The monoisotopic (exact) mass is 371 g/mol. The standard InChI is InChI=1S/C28H21N/c1-29(2)18-15-16-22-21-11-5-8-14-25(21)28(26(22)17-18)27-23-12-6-3-9-19(23)20-10-4-7-13-24(20)27/h3-17H,1-2H3. The molecule has 0 bridgehead atoms. The van der Waals surface area contributed by atoms with Crippen LogP contribution < -0.4 is 4.90 Å². The maximum Gasteiger partial charge on any atom is 0.0367 e. The zero-order valence-electron chi connectivity index (χ0n) is 16.6. The van der Waals surface area contributed by atoms with Crippen LogP contribution in [0.4, 0.5) is 5.69 Å². The highest BCUT2D eigenvalue weighted by molar-refractivity contribution is 6.19. The summed E-state index contributed by atoms with van der Waals surface area (Å²) in [5, 5.41) is 0. The first-order valence-corrected chi connectivity index (χ1v) is 10.1. The van der Waals surface area contributed by atoms with Crippen LogP contribution in [0.25, 0.3) is 33.4 Å². The van der Waals surface area contributed by atoms with E-state index >= 15 is 0 Å². The van der Waals surface area contributed by atoms with Gasteiger partial charge in [0.05, 0.1) is 0 Å². The Hall–Kier alpha value is -3.58. The van der Waals surface area contributed by atoms with Crippen LogP contribution in [0.1, 0.15) is 22.3 Å². The minimum atomic E-state index is 1.23. The Bertz CT molecular complexity index is 1280. The molecule has 2 aliphatic rings. The Kier molecular flexibility index (Phi) is 3.36. The van der Waals surface area contributed by atoms with Gasteiger partial charge in [0, 0.05) is 19.8 Å². The Balaban J connectivity index is 1.78. The van der Waals surface area contributed by atoms with E-state index in [2.05, 4.69) is 110 Å². The second-order valence-corrected chi connectivity index (χ2v) is 8.01. The molecule has 0 atom stereocenters. The fraction of sp³-hybridized carbons (Fsp3) is 0.0714. The van der Waals surface area contributed by atoms with Crippen molar-refractivity contribution in [3.8, 4) is 22.3 Å². The lowest BCUT2D eigenvalue weighted by Crippen LogP contribution is -2.08. The van der Waals surface area contributed by atoms with Crippen molar-refractivity contribution in [3.63, 3.8) is 0 Å². The normalized spacial score (nSPS) is 13.0. The summed E-state index contributed by atoms with van der Waals surface area (Å²) >= 11 is 0. The molecular weight excluding hydrogens is 350 g/mol. The number of fused-ring (bicyclic) bond motifs is 6. The summed E-state index contributed by atoms with van der Waals surface area (Å²) in [7, 11) is 4.22. The van der Waals surface area contributed by atoms with Gasteiger partial charge < -0.3 is 4.90 Å². The Morgan fingerprint density at radius 2 is 0.793 bits per heavy atom. The molecule has 29 heavy (non-hydrogen) atoms. The molecule has 0 saturated heterocycles. The van der Waals surface area contributed by atoms with Gasteiger partial charge in [-0.2, -0.15) is 0 Å². The Morgan fingerprint density at radius 3 is 1.24 bits per heavy atom. The van der Waals surface area contributed by atoms with Crippen molar-refractivity contribution < 1.29 is 0 Å². The maximum atomic E-state index is 2.35. The van der Waals surface area contributed by atoms with Crippen LogP contribution in [0.15, 0.2) is 91.0 Å². The first-order chi connectivity index (χ1) is 14.2. The van der Waals surface area contributed by atoms with E-state index in [9.17, 15) is 0 Å². The number of nitrogens with zero attached hydrogens (tertiary/aromatic N) is 1. The Labute approximate surface area is 171 Å². The van der Waals surface area contributed by atoms with Gasteiger partial charge in [-0.15, -0.1) is 0 Å². The molecule has 0 fully saturated rings. The smallest absolute Gasteiger partial charge is 0.0367 e. The number of rotatable bonds is 1. The summed E-state index contributed by atoms with van der Waals surface area (Å²) in [4.78, 5) is 2.18. The van der Waals surface area contributed by atoms with Crippen molar-refractivity contribution in [2.24, 2.45) is 0 Å². The van der Waals surface area contributed by atoms with E-state index in [1.807, 2.05) is 0 Å². The molecule has 0 unspecified atom stereocenters. The van der Waals surface area contributed by atoms with Gasteiger partial charge in [0.15, 0.2) is 0 Å². The second-order valence-electron chi connectivity index (χ2n) is 8.01. The van der Waals surface area contributed by atoms with Crippen molar-refractivity contribution in [2.45, 2.75) is 0 Å². The lowest BCUT2D eigenvalue weighted by atomic mass is 9.91. The second kappa shape index (κ2) is 5.96. The van der Waals surface area contributed by atoms with Crippen LogP contribution in [-0.4, -0.2) is 14.1 Å². The molecule has 0 aromatic heterocycles. The van der Waals surface area contributed by atoms with Crippen LogP contribution in [0.3, 0.4) is 0 Å². The fourth-order valence-corrected chi connectivity index (χ4v) is 4.89. The van der Waals surface area contributed by atoms with Crippen molar-refractivity contribution in [1.82, 2.24) is 0 Å². The molecule has 0 aliphatic heterocycles. The van der Waals surface area contributed by atoms with E-state index in [0.717, 1.165) is 0 Å². The number of hydrogen-bond donors (Lipinski definition) is 0. The predicted octanol–water partition coefficient (Wildman–Crippen LogP) is 6.72. The third-order valence-corrected chi connectivity index (χ3v) is 6.21. The minimum absolute atomic E-state index is 1.23. The van der Waals surface area contributed by atoms with Gasteiger partial charge in [-0.1, -0.05) is 78.9 Å². The molecule has 0 spiro atoms. The molecule has 0 saturated carbocycles. The average Bonchev–Trinajstić information content (AvgIpc) is 3.26. The zero-order chi connectivity index (χ0) is 19.5. The average molecular weight is 371 g/mol. The van der Waals surface area contributed by atoms with E-state index < -0.39 is 0 Å². The van der Waals surface area contributed by atoms with Crippen LogP contribution in [0, 0.1) is 0 Å². The summed E-state index contributed by atoms with van der Waals surface area (Å²) < 4.78 is 0. The lowest BCUT2D eigenvalue weighted by Gasteiger charge is -2.16. The van der Waals surface area contributed by atoms with Crippen LogP contribution in [0.5, 0.6) is 0 Å². The number of benzene rings is 4. The maximum absolute atomic E-state index is 2.35. The molecule has 0 N–H and O–H groups in total. The van der Waals surface area contributed by atoms with E-state index in [1.54, 1.807) is 0 Å². The first kappa shape index (κ1) is 16.4. The molecular formula is C28H21N. The molecule has 2 aliphatic carbocycles. The van der Waals surface area contributed by atoms with Gasteiger partial charge in [-0.3, -0.25) is 0 Å². The summed E-state index contributed by atoms with van der Waals surface area (Å²) in [6.45, 7) is 0. The molecule has 6 rings (SSSR count). The van der Waals surface area contributed by atoms with Crippen molar-refractivity contribution in [1.29, 1.82) is 0 Å². The highest BCUT2D eigenvalue weighted by atomic mass is 15.1. The van der Waals surface area contributed by atoms with E-state index in [0.29, 0.717) is 0 Å². The summed E-state index contributed by atoms with van der Waals surface area (Å²) in [6.07, 6.45) is 0. The van der Waals surface area contributed by atoms with Crippen LogP contribution >= 0.6 is 0 Å². The topological polar surface area (TPSA) is 3.24 Å². The number of anilines is 1. The predicted molar refractivity (Wildman–Crippen MR) is 123 cm³/mol. The summed E-state index contributed by atoms with van der Waals surface area (Å²) in [6, 6.07) is 33.3. The van der Waals surface area contributed by atoms with Crippen molar-refractivity contribution >= 4 is 16.8 Å². The fourth-order valence-electron chi connectivity index (χ4n) is 4.89. The van der Waals surface area contributed by atoms with E-state index in [4.69, 9.17) is 0 Å². The SMILES string of the molecule is CN(C)c1ccc2c(c1)C(=C1c3ccccc3-c3ccccc31)c1ccccc1-2. The minimum Gasteiger partial charge on any atom is -0.378 e. The van der Waals surface area contributed by atoms with Gasteiger partial charge in [0.25, 0.3) is 0 Å². The highest BCUT2D eigenvalue weighted by Crippen LogP contribution is 2.54. The highest BCUT2D eigenvalue weighted by Gasteiger charge is 2.32. The van der Waals surface area contributed by atoms with Crippen molar-refractivity contribution in [3.05, 3.63) is 113 Å². The van der Waals surface area contributed by atoms with Gasteiger partial charge >= 0.3 is 0 Å². The van der Waals surface area contributed by atoms with Crippen LogP contribution in [-0.2, 0) is 0 Å². The molecule has 0 radical (unpaired) electrons. The summed E-state index contributed by atoms with van der Waals surface area (Å²) in [5.41, 5.74) is 14.6. The molecule has 0 heterocycles. The lowest BCUT2D eigenvalue weighted by molar-refractivity contribution is 1.13. The third kappa shape index (κ3) is 2.22.